The van der Waals surface area contributed by atoms with E-state index in [1.165, 1.54) is 12.8 Å². The molecule has 1 aliphatic heterocycles. The van der Waals surface area contributed by atoms with Crippen LogP contribution in [0.5, 0.6) is 0 Å². The van der Waals surface area contributed by atoms with Crippen LogP contribution in [-0.2, 0) is 9.59 Å². The van der Waals surface area contributed by atoms with Gasteiger partial charge in [0.1, 0.15) is 0 Å². The van der Waals surface area contributed by atoms with E-state index < -0.39 is 0 Å². The SMILES string of the molecule is CCC(C)NC(=O)CCNC(=O)CC(C)C1CCCNC1.Cl. The van der Waals surface area contributed by atoms with Crippen molar-refractivity contribution in [2.75, 3.05) is 19.6 Å². The summed E-state index contributed by atoms with van der Waals surface area (Å²) in [6.45, 7) is 8.71. The molecule has 22 heavy (non-hydrogen) atoms. The third-order valence-corrected chi connectivity index (χ3v) is 4.34. The van der Waals surface area contributed by atoms with E-state index in [2.05, 4.69) is 22.9 Å². The minimum Gasteiger partial charge on any atom is -0.356 e. The van der Waals surface area contributed by atoms with Crippen LogP contribution in [0, 0.1) is 11.8 Å². The predicted molar refractivity (Wildman–Crippen MR) is 92.1 cm³/mol. The molecular formula is C16H32ClN3O2. The van der Waals surface area contributed by atoms with E-state index in [0.717, 1.165) is 19.5 Å². The van der Waals surface area contributed by atoms with Gasteiger partial charge in [-0.2, -0.15) is 0 Å². The molecule has 3 atom stereocenters. The van der Waals surface area contributed by atoms with Crippen molar-refractivity contribution in [3.8, 4) is 0 Å². The molecule has 0 spiro atoms. The lowest BCUT2D eigenvalue weighted by Gasteiger charge is -2.28. The predicted octanol–water partition coefficient (Wildman–Crippen LogP) is 1.85. The van der Waals surface area contributed by atoms with Crippen molar-refractivity contribution in [3.63, 3.8) is 0 Å². The number of rotatable bonds is 8. The monoisotopic (exact) mass is 333 g/mol. The number of piperidine rings is 1. The first-order valence-electron chi connectivity index (χ1n) is 8.29. The number of hydrogen-bond acceptors (Lipinski definition) is 3. The van der Waals surface area contributed by atoms with Crippen LogP contribution in [0.4, 0.5) is 0 Å². The van der Waals surface area contributed by atoms with Crippen LogP contribution in [0.3, 0.4) is 0 Å². The first-order valence-corrected chi connectivity index (χ1v) is 8.29. The molecule has 1 heterocycles. The quantitative estimate of drug-likeness (QED) is 0.635. The summed E-state index contributed by atoms with van der Waals surface area (Å²) in [4.78, 5) is 23.5. The largest absolute Gasteiger partial charge is 0.356 e. The summed E-state index contributed by atoms with van der Waals surface area (Å²) < 4.78 is 0. The maximum absolute atomic E-state index is 11.9. The van der Waals surface area contributed by atoms with Gasteiger partial charge in [-0.1, -0.05) is 13.8 Å². The highest BCUT2D eigenvalue weighted by Crippen LogP contribution is 2.22. The lowest BCUT2D eigenvalue weighted by molar-refractivity contribution is -0.123. The van der Waals surface area contributed by atoms with Gasteiger partial charge in [-0.15, -0.1) is 12.4 Å². The molecule has 0 aromatic carbocycles. The summed E-state index contributed by atoms with van der Waals surface area (Å²) in [7, 11) is 0. The van der Waals surface area contributed by atoms with Crippen molar-refractivity contribution in [2.24, 2.45) is 11.8 Å². The van der Waals surface area contributed by atoms with Crippen molar-refractivity contribution >= 4 is 24.2 Å². The highest BCUT2D eigenvalue weighted by Gasteiger charge is 2.21. The van der Waals surface area contributed by atoms with E-state index >= 15 is 0 Å². The molecule has 1 aliphatic rings. The molecule has 0 aliphatic carbocycles. The maximum atomic E-state index is 11.9. The zero-order valence-electron chi connectivity index (χ0n) is 14.1. The number of carbonyl (C=O) groups is 2. The highest BCUT2D eigenvalue weighted by atomic mass is 35.5. The number of halogens is 1. The zero-order chi connectivity index (χ0) is 15.7. The second kappa shape index (κ2) is 11.7. The van der Waals surface area contributed by atoms with Gasteiger partial charge < -0.3 is 16.0 Å². The van der Waals surface area contributed by atoms with Crippen molar-refractivity contribution < 1.29 is 9.59 Å². The van der Waals surface area contributed by atoms with Crippen LogP contribution in [0.1, 0.15) is 52.9 Å². The fourth-order valence-corrected chi connectivity index (χ4v) is 2.66. The maximum Gasteiger partial charge on any atom is 0.221 e. The minimum atomic E-state index is 0. The Kier molecular flexibility index (Phi) is 11.3. The Labute approximate surface area is 140 Å². The Morgan fingerprint density at radius 1 is 1.27 bits per heavy atom. The Morgan fingerprint density at radius 2 is 2.00 bits per heavy atom. The number of amides is 2. The summed E-state index contributed by atoms with van der Waals surface area (Å²) in [6.07, 6.45) is 4.24. The van der Waals surface area contributed by atoms with Gasteiger partial charge in [-0.25, -0.2) is 0 Å². The van der Waals surface area contributed by atoms with Crippen LogP contribution >= 0.6 is 12.4 Å². The molecule has 130 valence electrons. The molecule has 0 bridgehead atoms. The highest BCUT2D eigenvalue weighted by molar-refractivity contribution is 5.85. The van der Waals surface area contributed by atoms with Crippen LogP contribution in [0.25, 0.3) is 0 Å². The van der Waals surface area contributed by atoms with Crippen molar-refractivity contribution in [1.82, 2.24) is 16.0 Å². The molecule has 3 unspecified atom stereocenters. The molecule has 0 aromatic rings. The van der Waals surface area contributed by atoms with Crippen LogP contribution in [0.2, 0.25) is 0 Å². The second-order valence-electron chi connectivity index (χ2n) is 6.26. The molecule has 5 nitrogen and oxygen atoms in total. The van der Waals surface area contributed by atoms with Gasteiger partial charge >= 0.3 is 0 Å². The summed E-state index contributed by atoms with van der Waals surface area (Å²) in [5, 5.41) is 9.14. The number of carbonyl (C=O) groups excluding carboxylic acids is 2. The number of hydrogen-bond donors (Lipinski definition) is 3. The van der Waals surface area contributed by atoms with Gasteiger partial charge in [0, 0.05) is 25.4 Å². The van der Waals surface area contributed by atoms with E-state index in [0.29, 0.717) is 31.2 Å². The van der Waals surface area contributed by atoms with Crippen molar-refractivity contribution in [1.29, 1.82) is 0 Å². The summed E-state index contributed by atoms with van der Waals surface area (Å²) >= 11 is 0. The smallest absolute Gasteiger partial charge is 0.221 e. The third-order valence-electron chi connectivity index (χ3n) is 4.34. The van der Waals surface area contributed by atoms with Gasteiger partial charge in [0.15, 0.2) is 0 Å². The summed E-state index contributed by atoms with van der Waals surface area (Å²) in [6, 6.07) is 0.201. The van der Waals surface area contributed by atoms with E-state index in [1.54, 1.807) is 0 Å². The Balaban J connectivity index is 0.00000441. The van der Waals surface area contributed by atoms with Crippen molar-refractivity contribution in [3.05, 3.63) is 0 Å². The second-order valence-corrected chi connectivity index (χ2v) is 6.26. The number of nitrogens with one attached hydrogen (secondary N) is 3. The molecule has 2 amide bonds. The first-order chi connectivity index (χ1) is 10.0. The van der Waals surface area contributed by atoms with E-state index in [-0.39, 0.29) is 30.3 Å². The molecular weight excluding hydrogens is 302 g/mol. The van der Waals surface area contributed by atoms with Gasteiger partial charge in [0.25, 0.3) is 0 Å². The lowest BCUT2D eigenvalue weighted by Crippen LogP contribution is -2.37. The normalized spacial score (nSPS) is 20.4. The van der Waals surface area contributed by atoms with E-state index in [4.69, 9.17) is 0 Å². The Hall–Kier alpha value is -0.810. The lowest BCUT2D eigenvalue weighted by atomic mass is 9.85. The molecule has 1 saturated heterocycles. The van der Waals surface area contributed by atoms with Gasteiger partial charge in [-0.05, 0) is 51.1 Å². The fourth-order valence-electron chi connectivity index (χ4n) is 2.66. The Morgan fingerprint density at radius 3 is 2.59 bits per heavy atom. The molecule has 0 saturated carbocycles. The molecule has 3 N–H and O–H groups in total. The first kappa shape index (κ1) is 21.2. The zero-order valence-corrected chi connectivity index (χ0v) is 14.9. The summed E-state index contributed by atoms with van der Waals surface area (Å²) in [5.41, 5.74) is 0. The fraction of sp³-hybridized carbons (Fsp3) is 0.875. The molecule has 1 rings (SSSR count). The van der Waals surface area contributed by atoms with Gasteiger partial charge in [0.2, 0.25) is 11.8 Å². The van der Waals surface area contributed by atoms with Crippen LogP contribution in [0.15, 0.2) is 0 Å². The molecule has 0 aromatic heterocycles. The van der Waals surface area contributed by atoms with E-state index in [9.17, 15) is 9.59 Å². The van der Waals surface area contributed by atoms with Gasteiger partial charge in [0.05, 0.1) is 0 Å². The van der Waals surface area contributed by atoms with Gasteiger partial charge in [-0.3, -0.25) is 9.59 Å². The topological polar surface area (TPSA) is 70.2 Å². The van der Waals surface area contributed by atoms with E-state index in [1.807, 2.05) is 13.8 Å². The molecule has 1 fully saturated rings. The average molecular weight is 334 g/mol. The van der Waals surface area contributed by atoms with Crippen molar-refractivity contribution in [2.45, 2.75) is 58.9 Å². The molecule has 0 radical (unpaired) electrons. The molecule has 6 heteroatoms. The Bertz CT molecular complexity index is 333. The standard InChI is InChI=1S/C16H31N3O2.ClH/c1-4-13(3)19-15(20)7-9-18-16(21)10-12(2)14-6-5-8-17-11-14;/h12-14,17H,4-11H2,1-3H3,(H,18,21)(H,19,20);1H. The van der Waals surface area contributed by atoms with Crippen LogP contribution in [-0.4, -0.2) is 37.5 Å². The van der Waals surface area contributed by atoms with Crippen LogP contribution < -0.4 is 16.0 Å². The third kappa shape index (κ3) is 8.59. The minimum absolute atomic E-state index is 0. The summed E-state index contributed by atoms with van der Waals surface area (Å²) in [5.74, 6) is 1.06. The average Bonchev–Trinajstić information content (AvgIpc) is 2.47.